The highest BCUT2D eigenvalue weighted by Crippen LogP contribution is 2.35. The molecule has 2 saturated heterocycles. The Kier molecular flexibility index (Phi) is 8.51. The van der Waals surface area contributed by atoms with Gasteiger partial charge in [-0.2, -0.15) is 0 Å². The van der Waals surface area contributed by atoms with Gasteiger partial charge in [0.15, 0.2) is 0 Å². The van der Waals surface area contributed by atoms with E-state index in [1.54, 1.807) is 0 Å². The molecule has 0 bridgehead atoms. The summed E-state index contributed by atoms with van der Waals surface area (Å²) in [7, 11) is 4.33. The predicted molar refractivity (Wildman–Crippen MR) is 141 cm³/mol. The Hall–Kier alpha value is -2.08. The molecule has 0 spiro atoms. The number of likely N-dealkylation sites (tertiary alicyclic amines) is 2. The first-order valence-electron chi connectivity index (χ1n) is 13.0. The van der Waals surface area contributed by atoms with E-state index in [4.69, 9.17) is 9.47 Å². The molecule has 2 aliphatic heterocycles. The lowest BCUT2D eigenvalue weighted by Crippen LogP contribution is -2.57. The third kappa shape index (κ3) is 6.12. The lowest BCUT2D eigenvalue weighted by atomic mass is 9.95. The van der Waals surface area contributed by atoms with E-state index in [0.717, 1.165) is 56.6 Å². The van der Waals surface area contributed by atoms with Crippen molar-refractivity contribution in [3.8, 4) is 22.6 Å². The van der Waals surface area contributed by atoms with Crippen LogP contribution in [-0.2, 0) is 0 Å². The van der Waals surface area contributed by atoms with Crippen LogP contribution < -0.4 is 9.47 Å². The molecule has 0 aliphatic carbocycles. The Bertz CT molecular complexity index is 933. The van der Waals surface area contributed by atoms with Crippen LogP contribution >= 0.6 is 0 Å². The standard InChI is InChI=1S/C29H43N3O2/c1-22-18-31(19-22)14-8-16-33-28-12-6-10-26(23(28)2)27-11-7-13-29(24(27)3)34-17-9-15-32-20-25(21-32)30(4)5/h6-7,10-13,22,25H,8-9,14-21H2,1-5H3. The van der Waals surface area contributed by atoms with Crippen LogP contribution in [0.4, 0.5) is 0 Å². The van der Waals surface area contributed by atoms with Gasteiger partial charge in [0.05, 0.1) is 13.2 Å². The fraction of sp³-hybridized carbons (Fsp3) is 0.586. The van der Waals surface area contributed by atoms with Crippen molar-refractivity contribution in [2.75, 3.05) is 66.6 Å². The summed E-state index contributed by atoms with van der Waals surface area (Å²) in [5.41, 5.74) is 4.86. The second-order valence-corrected chi connectivity index (χ2v) is 10.5. The highest BCUT2D eigenvalue weighted by Gasteiger charge is 2.27. The zero-order valence-electron chi connectivity index (χ0n) is 21.8. The normalized spacial score (nSPS) is 17.6. The summed E-state index contributed by atoms with van der Waals surface area (Å²) in [5.74, 6) is 2.84. The summed E-state index contributed by atoms with van der Waals surface area (Å²) < 4.78 is 12.4. The smallest absolute Gasteiger partial charge is 0.122 e. The van der Waals surface area contributed by atoms with Gasteiger partial charge in [-0.1, -0.05) is 31.2 Å². The molecule has 2 heterocycles. The van der Waals surface area contributed by atoms with E-state index in [1.807, 2.05) is 0 Å². The van der Waals surface area contributed by atoms with Crippen LogP contribution in [0.15, 0.2) is 36.4 Å². The van der Waals surface area contributed by atoms with Gasteiger partial charge in [-0.15, -0.1) is 0 Å². The van der Waals surface area contributed by atoms with Crippen LogP contribution in [0, 0.1) is 19.8 Å². The van der Waals surface area contributed by atoms with Crippen LogP contribution in [0.5, 0.6) is 11.5 Å². The second kappa shape index (κ2) is 11.6. The van der Waals surface area contributed by atoms with Crippen molar-refractivity contribution < 1.29 is 9.47 Å². The zero-order chi connectivity index (χ0) is 24.1. The molecule has 2 aromatic carbocycles. The number of rotatable bonds is 12. The maximum absolute atomic E-state index is 6.21. The summed E-state index contributed by atoms with van der Waals surface area (Å²) >= 11 is 0. The Labute approximate surface area is 206 Å². The fourth-order valence-corrected chi connectivity index (χ4v) is 5.13. The first-order valence-corrected chi connectivity index (χ1v) is 13.0. The van der Waals surface area contributed by atoms with E-state index in [2.05, 4.69) is 86.0 Å². The molecule has 2 fully saturated rings. The number of ether oxygens (including phenoxy) is 2. The van der Waals surface area contributed by atoms with Crippen molar-refractivity contribution >= 4 is 0 Å². The van der Waals surface area contributed by atoms with Crippen molar-refractivity contribution in [1.82, 2.24) is 14.7 Å². The molecule has 4 rings (SSSR count). The minimum absolute atomic E-state index is 0.715. The predicted octanol–water partition coefficient (Wildman–Crippen LogP) is 4.71. The van der Waals surface area contributed by atoms with E-state index in [0.29, 0.717) is 6.04 Å². The Morgan fingerprint density at radius 3 is 1.68 bits per heavy atom. The van der Waals surface area contributed by atoms with Crippen molar-refractivity contribution in [2.45, 2.75) is 39.7 Å². The monoisotopic (exact) mass is 465 g/mol. The largest absolute Gasteiger partial charge is 0.493 e. The quantitative estimate of drug-likeness (QED) is 0.424. The van der Waals surface area contributed by atoms with Gasteiger partial charge in [-0.3, -0.25) is 4.90 Å². The van der Waals surface area contributed by atoms with E-state index in [1.165, 1.54) is 48.4 Å². The van der Waals surface area contributed by atoms with Crippen LogP contribution in [-0.4, -0.2) is 87.3 Å². The van der Waals surface area contributed by atoms with Crippen LogP contribution in [0.1, 0.15) is 30.9 Å². The van der Waals surface area contributed by atoms with Gasteiger partial charge in [0.2, 0.25) is 0 Å². The molecule has 0 N–H and O–H groups in total. The van der Waals surface area contributed by atoms with Crippen molar-refractivity contribution in [2.24, 2.45) is 5.92 Å². The minimum Gasteiger partial charge on any atom is -0.493 e. The van der Waals surface area contributed by atoms with Gasteiger partial charge >= 0.3 is 0 Å². The lowest BCUT2D eigenvalue weighted by Gasteiger charge is -2.42. The van der Waals surface area contributed by atoms with Crippen LogP contribution in [0.25, 0.3) is 11.1 Å². The number of benzene rings is 2. The number of likely N-dealkylation sites (N-methyl/N-ethyl adjacent to an activating group) is 1. The molecule has 0 radical (unpaired) electrons. The number of hydrogen-bond acceptors (Lipinski definition) is 5. The van der Waals surface area contributed by atoms with E-state index >= 15 is 0 Å². The average Bonchev–Trinajstić information content (AvgIpc) is 2.75. The van der Waals surface area contributed by atoms with Gasteiger partial charge in [-0.25, -0.2) is 0 Å². The topological polar surface area (TPSA) is 28.2 Å². The lowest BCUT2D eigenvalue weighted by molar-refractivity contribution is 0.0595. The molecule has 0 atom stereocenters. The number of hydrogen-bond donors (Lipinski definition) is 0. The summed E-state index contributed by atoms with van der Waals surface area (Å²) in [6, 6.07) is 13.5. The van der Waals surface area contributed by atoms with Crippen LogP contribution in [0.3, 0.4) is 0 Å². The molecule has 186 valence electrons. The van der Waals surface area contributed by atoms with Gasteiger partial charge in [0.25, 0.3) is 0 Å². The first-order chi connectivity index (χ1) is 16.4. The van der Waals surface area contributed by atoms with E-state index < -0.39 is 0 Å². The maximum atomic E-state index is 6.21. The van der Waals surface area contributed by atoms with Gasteiger partial charge in [-0.05, 0) is 81.1 Å². The third-order valence-corrected chi connectivity index (χ3v) is 7.42. The van der Waals surface area contributed by atoms with Gasteiger partial charge < -0.3 is 19.3 Å². The van der Waals surface area contributed by atoms with Crippen molar-refractivity contribution in [3.63, 3.8) is 0 Å². The average molecular weight is 466 g/mol. The van der Waals surface area contributed by atoms with E-state index in [9.17, 15) is 0 Å². The molecule has 0 saturated carbocycles. The third-order valence-electron chi connectivity index (χ3n) is 7.42. The van der Waals surface area contributed by atoms with Gasteiger partial charge in [0.1, 0.15) is 11.5 Å². The number of nitrogens with zero attached hydrogens (tertiary/aromatic N) is 3. The van der Waals surface area contributed by atoms with Crippen molar-refractivity contribution in [3.05, 3.63) is 47.5 Å². The fourth-order valence-electron chi connectivity index (χ4n) is 5.13. The molecule has 0 unspecified atom stereocenters. The summed E-state index contributed by atoms with van der Waals surface area (Å²) in [6.45, 7) is 15.3. The molecule has 0 aromatic heterocycles. The summed E-state index contributed by atoms with van der Waals surface area (Å²) in [5, 5.41) is 0. The maximum Gasteiger partial charge on any atom is 0.122 e. The summed E-state index contributed by atoms with van der Waals surface area (Å²) in [6.07, 6.45) is 2.13. The Morgan fingerprint density at radius 2 is 1.24 bits per heavy atom. The molecular formula is C29H43N3O2. The molecule has 2 aromatic rings. The molecule has 2 aliphatic rings. The molecular weight excluding hydrogens is 422 g/mol. The second-order valence-electron chi connectivity index (χ2n) is 10.5. The molecule has 5 nitrogen and oxygen atoms in total. The minimum atomic E-state index is 0.715. The SMILES string of the molecule is Cc1c(OCCCN2CC(C)C2)cccc1-c1cccc(OCCCN2CC(N(C)C)C2)c1C. The van der Waals surface area contributed by atoms with Crippen molar-refractivity contribution in [1.29, 1.82) is 0 Å². The Morgan fingerprint density at radius 1 is 0.765 bits per heavy atom. The first kappa shape index (κ1) is 25.0. The molecule has 0 amide bonds. The highest BCUT2D eigenvalue weighted by atomic mass is 16.5. The Balaban J connectivity index is 1.29. The van der Waals surface area contributed by atoms with Gasteiger partial charge in [0, 0.05) is 45.3 Å². The molecule has 34 heavy (non-hydrogen) atoms. The summed E-state index contributed by atoms with van der Waals surface area (Å²) in [4.78, 5) is 7.34. The zero-order valence-corrected chi connectivity index (χ0v) is 21.8. The highest BCUT2D eigenvalue weighted by molar-refractivity contribution is 5.74. The van der Waals surface area contributed by atoms with Crippen LogP contribution in [0.2, 0.25) is 0 Å². The van der Waals surface area contributed by atoms with E-state index in [-0.39, 0.29) is 0 Å². The molecule has 5 heteroatoms.